The maximum atomic E-state index is 6.10. The minimum atomic E-state index is 0.0514. The first-order valence-electron chi connectivity index (χ1n) is 6.19. The van der Waals surface area contributed by atoms with E-state index in [9.17, 15) is 0 Å². The zero-order valence-electron chi connectivity index (χ0n) is 10.3. The highest BCUT2D eigenvalue weighted by Gasteiger charge is 2.30. The fraction of sp³-hybridized carbons (Fsp3) is 0.462. The van der Waals surface area contributed by atoms with E-state index in [0.29, 0.717) is 13.2 Å². The fourth-order valence-electron chi connectivity index (χ4n) is 2.57. The molecule has 1 aromatic carbocycles. The Labute approximate surface area is 114 Å². The first-order valence-corrected chi connectivity index (χ1v) is 6.99. The van der Waals surface area contributed by atoms with Crippen LogP contribution in [0.5, 0.6) is 0 Å². The Morgan fingerprint density at radius 1 is 1.50 bits per heavy atom. The van der Waals surface area contributed by atoms with Crippen molar-refractivity contribution >= 4 is 27.0 Å². The molecule has 0 aliphatic carbocycles. The van der Waals surface area contributed by atoms with Crippen molar-refractivity contribution in [3.05, 3.63) is 28.5 Å². The molecule has 0 radical (unpaired) electrons. The predicted molar refractivity (Wildman–Crippen MR) is 74.6 cm³/mol. The molecule has 1 aromatic heterocycles. The lowest BCUT2D eigenvalue weighted by Gasteiger charge is -2.14. The van der Waals surface area contributed by atoms with Gasteiger partial charge in [-0.05, 0) is 25.1 Å². The molecule has 1 aliphatic rings. The van der Waals surface area contributed by atoms with Gasteiger partial charge in [0.2, 0.25) is 0 Å². The van der Waals surface area contributed by atoms with Crippen LogP contribution in [0.2, 0.25) is 0 Å². The molecule has 1 fully saturated rings. The lowest BCUT2D eigenvalue weighted by Crippen LogP contribution is -2.28. The van der Waals surface area contributed by atoms with Gasteiger partial charge in [0, 0.05) is 17.1 Å². The fourth-order valence-corrected chi connectivity index (χ4v) is 2.92. The number of aryl methyl sites for hydroxylation is 1. The molecular weight excluding hydrogens is 294 g/mol. The highest BCUT2D eigenvalue weighted by atomic mass is 79.9. The summed E-state index contributed by atoms with van der Waals surface area (Å²) >= 11 is 3.48. The molecule has 2 unspecified atom stereocenters. The minimum absolute atomic E-state index is 0.0514. The Morgan fingerprint density at radius 2 is 2.33 bits per heavy atom. The van der Waals surface area contributed by atoms with Crippen LogP contribution in [0.1, 0.15) is 18.7 Å². The number of ether oxygens (including phenoxy) is 1. The van der Waals surface area contributed by atoms with E-state index in [-0.39, 0.29) is 12.0 Å². The molecule has 18 heavy (non-hydrogen) atoms. The zero-order valence-corrected chi connectivity index (χ0v) is 11.9. The van der Waals surface area contributed by atoms with Crippen molar-refractivity contribution in [2.45, 2.75) is 25.4 Å². The van der Waals surface area contributed by atoms with E-state index in [0.717, 1.165) is 27.9 Å². The SMILES string of the molecule is CCn1c(C2COCC2N)nc2cc(Br)ccc21. The van der Waals surface area contributed by atoms with Gasteiger partial charge in [-0.1, -0.05) is 15.9 Å². The summed E-state index contributed by atoms with van der Waals surface area (Å²) in [6.45, 7) is 4.33. The Morgan fingerprint density at radius 3 is 3.00 bits per heavy atom. The summed E-state index contributed by atoms with van der Waals surface area (Å²) in [5.41, 5.74) is 8.27. The van der Waals surface area contributed by atoms with Crippen molar-refractivity contribution < 1.29 is 4.74 Å². The molecule has 4 nitrogen and oxygen atoms in total. The van der Waals surface area contributed by atoms with Gasteiger partial charge < -0.3 is 15.0 Å². The number of rotatable bonds is 2. The van der Waals surface area contributed by atoms with Gasteiger partial charge in [0.25, 0.3) is 0 Å². The summed E-state index contributed by atoms with van der Waals surface area (Å²) < 4.78 is 8.74. The highest BCUT2D eigenvalue weighted by molar-refractivity contribution is 9.10. The Kier molecular flexibility index (Phi) is 3.13. The summed E-state index contributed by atoms with van der Waals surface area (Å²) in [5, 5.41) is 0. The van der Waals surface area contributed by atoms with E-state index < -0.39 is 0 Å². The molecule has 3 rings (SSSR count). The molecule has 0 spiro atoms. The molecule has 1 aliphatic heterocycles. The monoisotopic (exact) mass is 309 g/mol. The van der Waals surface area contributed by atoms with E-state index in [1.807, 2.05) is 12.1 Å². The topological polar surface area (TPSA) is 53.1 Å². The molecule has 2 atom stereocenters. The number of benzene rings is 1. The van der Waals surface area contributed by atoms with E-state index in [2.05, 4.69) is 33.5 Å². The Hall–Kier alpha value is -0.910. The van der Waals surface area contributed by atoms with E-state index >= 15 is 0 Å². The van der Waals surface area contributed by atoms with Crippen LogP contribution in [0.3, 0.4) is 0 Å². The third kappa shape index (κ3) is 1.86. The molecule has 0 amide bonds. The second-order valence-corrected chi connectivity index (χ2v) is 5.57. The standard InChI is InChI=1S/C13H16BrN3O/c1-2-17-12-4-3-8(14)5-11(12)16-13(17)9-6-18-7-10(9)15/h3-5,9-10H,2,6-7,15H2,1H3. The van der Waals surface area contributed by atoms with Gasteiger partial charge in [0.05, 0.1) is 30.2 Å². The van der Waals surface area contributed by atoms with Crippen LogP contribution >= 0.6 is 15.9 Å². The van der Waals surface area contributed by atoms with Crippen LogP contribution in [-0.4, -0.2) is 28.8 Å². The van der Waals surface area contributed by atoms with Gasteiger partial charge in [-0.2, -0.15) is 0 Å². The Bertz CT molecular complexity index is 581. The summed E-state index contributed by atoms with van der Waals surface area (Å²) in [6.07, 6.45) is 0. The van der Waals surface area contributed by atoms with Gasteiger partial charge in [0.15, 0.2) is 0 Å². The molecule has 5 heteroatoms. The minimum Gasteiger partial charge on any atom is -0.379 e. The third-order valence-corrected chi connectivity index (χ3v) is 4.01. The predicted octanol–water partition coefficient (Wildman–Crippen LogP) is 2.26. The molecule has 1 saturated heterocycles. The average Bonchev–Trinajstić information content (AvgIpc) is 2.91. The lowest BCUT2D eigenvalue weighted by molar-refractivity contribution is 0.190. The third-order valence-electron chi connectivity index (χ3n) is 3.51. The normalized spacial score (nSPS) is 23.9. The largest absolute Gasteiger partial charge is 0.379 e. The van der Waals surface area contributed by atoms with Crippen LogP contribution < -0.4 is 5.73 Å². The average molecular weight is 310 g/mol. The first-order chi connectivity index (χ1) is 8.70. The second kappa shape index (κ2) is 4.64. The molecule has 96 valence electrons. The van der Waals surface area contributed by atoms with Crippen LogP contribution in [-0.2, 0) is 11.3 Å². The number of aromatic nitrogens is 2. The number of nitrogens with zero attached hydrogens (tertiary/aromatic N) is 2. The maximum Gasteiger partial charge on any atom is 0.116 e. The summed E-state index contributed by atoms with van der Waals surface area (Å²) in [4.78, 5) is 4.75. The van der Waals surface area contributed by atoms with E-state index in [1.165, 1.54) is 0 Å². The van der Waals surface area contributed by atoms with Crippen molar-refractivity contribution in [3.63, 3.8) is 0 Å². The van der Waals surface area contributed by atoms with Crippen molar-refractivity contribution in [3.8, 4) is 0 Å². The van der Waals surface area contributed by atoms with Crippen molar-refractivity contribution in [1.29, 1.82) is 0 Å². The van der Waals surface area contributed by atoms with Crippen molar-refractivity contribution in [2.24, 2.45) is 5.73 Å². The van der Waals surface area contributed by atoms with Crippen LogP contribution in [0.4, 0.5) is 0 Å². The van der Waals surface area contributed by atoms with Gasteiger partial charge in [-0.25, -0.2) is 4.98 Å². The van der Waals surface area contributed by atoms with Crippen molar-refractivity contribution in [2.75, 3.05) is 13.2 Å². The van der Waals surface area contributed by atoms with Crippen molar-refractivity contribution in [1.82, 2.24) is 9.55 Å². The number of imidazole rings is 1. The number of nitrogens with two attached hydrogens (primary N) is 1. The first kappa shape index (κ1) is 12.1. The number of fused-ring (bicyclic) bond motifs is 1. The molecule has 2 aromatic rings. The quantitative estimate of drug-likeness (QED) is 0.926. The number of hydrogen-bond donors (Lipinski definition) is 1. The number of halogens is 1. The van der Waals surface area contributed by atoms with Gasteiger partial charge in [-0.3, -0.25) is 0 Å². The number of hydrogen-bond acceptors (Lipinski definition) is 3. The zero-order chi connectivity index (χ0) is 12.7. The maximum absolute atomic E-state index is 6.10. The van der Waals surface area contributed by atoms with E-state index in [1.54, 1.807) is 0 Å². The smallest absolute Gasteiger partial charge is 0.116 e. The second-order valence-electron chi connectivity index (χ2n) is 4.66. The van der Waals surface area contributed by atoms with Gasteiger partial charge >= 0.3 is 0 Å². The molecule has 2 N–H and O–H groups in total. The van der Waals surface area contributed by atoms with Crippen LogP contribution in [0.25, 0.3) is 11.0 Å². The van der Waals surface area contributed by atoms with Gasteiger partial charge in [0.1, 0.15) is 5.82 Å². The summed E-state index contributed by atoms with van der Waals surface area (Å²) in [5.74, 6) is 1.26. The molecular formula is C13H16BrN3O. The lowest BCUT2D eigenvalue weighted by atomic mass is 10.0. The molecule has 0 bridgehead atoms. The van der Waals surface area contributed by atoms with Gasteiger partial charge in [-0.15, -0.1) is 0 Å². The summed E-state index contributed by atoms with van der Waals surface area (Å²) in [6, 6.07) is 6.24. The Balaban J connectivity index is 2.16. The highest BCUT2D eigenvalue weighted by Crippen LogP contribution is 2.28. The van der Waals surface area contributed by atoms with Crippen LogP contribution in [0, 0.1) is 0 Å². The van der Waals surface area contributed by atoms with Crippen LogP contribution in [0.15, 0.2) is 22.7 Å². The molecule has 0 saturated carbocycles. The molecule has 2 heterocycles. The summed E-state index contributed by atoms with van der Waals surface area (Å²) in [7, 11) is 0. The van der Waals surface area contributed by atoms with E-state index in [4.69, 9.17) is 15.5 Å².